The van der Waals surface area contributed by atoms with Crippen LogP contribution < -0.4 is 5.32 Å². The standard InChI is InChI=1S/C13H13Cl2FN2O3/c14-9-4-8(16)5-10(15)11(9)17-13(21)18-3-1-2-7(6-18)12(19)20/h4-5,7H,1-3,6H2,(H,17,21)(H,19,20). The molecule has 1 fully saturated rings. The van der Waals surface area contributed by atoms with Crippen molar-refractivity contribution in [3.63, 3.8) is 0 Å². The van der Waals surface area contributed by atoms with Crippen LogP contribution in [0, 0.1) is 11.7 Å². The number of benzene rings is 1. The van der Waals surface area contributed by atoms with Gasteiger partial charge in [0.15, 0.2) is 0 Å². The average Bonchev–Trinajstić information content (AvgIpc) is 2.42. The first-order valence-corrected chi connectivity index (χ1v) is 7.07. The minimum absolute atomic E-state index is 0.0138. The smallest absolute Gasteiger partial charge is 0.321 e. The highest BCUT2D eigenvalue weighted by atomic mass is 35.5. The molecule has 2 rings (SSSR count). The second-order valence-corrected chi connectivity index (χ2v) is 5.61. The number of anilines is 1. The lowest BCUT2D eigenvalue weighted by atomic mass is 9.99. The lowest BCUT2D eigenvalue weighted by Crippen LogP contribution is -2.44. The molecule has 1 unspecified atom stereocenters. The summed E-state index contributed by atoms with van der Waals surface area (Å²) in [5.74, 6) is -2.11. The molecule has 2 N–H and O–H groups in total. The third-order valence-electron chi connectivity index (χ3n) is 3.30. The Hall–Kier alpha value is -1.53. The monoisotopic (exact) mass is 334 g/mol. The summed E-state index contributed by atoms with van der Waals surface area (Å²) in [5.41, 5.74) is 0.113. The van der Waals surface area contributed by atoms with E-state index in [1.807, 2.05) is 0 Å². The molecule has 0 saturated carbocycles. The summed E-state index contributed by atoms with van der Waals surface area (Å²) in [6.45, 7) is 0.573. The van der Waals surface area contributed by atoms with Crippen molar-refractivity contribution < 1.29 is 19.1 Å². The van der Waals surface area contributed by atoms with E-state index in [1.165, 1.54) is 4.90 Å². The molecule has 0 aliphatic carbocycles. The number of urea groups is 1. The Labute approximate surface area is 130 Å². The van der Waals surface area contributed by atoms with Gasteiger partial charge in [-0.2, -0.15) is 0 Å². The fourth-order valence-corrected chi connectivity index (χ4v) is 2.77. The molecular weight excluding hydrogens is 322 g/mol. The summed E-state index contributed by atoms with van der Waals surface area (Å²) in [4.78, 5) is 24.5. The highest BCUT2D eigenvalue weighted by molar-refractivity contribution is 6.39. The molecule has 5 nitrogen and oxygen atoms in total. The normalized spacial score (nSPS) is 18.4. The van der Waals surface area contributed by atoms with Crippen LogP contribution in [-0.4, -0.2) is 35.1 Å². The number of rotatable bonds is 2. The van der Waals surface area contributed by atoms with Crippen LogP contribution in [0.5, 0.6) is 0 Å². The highest BCUT2D eigenvalue weighted by Crippen LogP contribution is 2.31. The molecule has 0 radical (unpaired) electrons. The van der Waals surface area contributed by atoms with Gasteiger partial charge in [0.1, 0.15) is 5.82 Å². The van der Waals surface area contributed by atoms with E-state index in [9.17, 15) is 14.0 Å². The van der Waals surface area contributed by atoms with Crippen LogP contribution in [0.3, 0.4) is 0 Å². The first-order chi connectivity index (χ1) is 9.88. The number of hydrogen-bond acceptors (Lipinski definition) is 2. The van der Waals surface area contributed by atoms with Crippen molar-refractivity contribution >= 4 is 40.9 Å². The maximum absolute atomic E-state index is 13.1. The summed E-state index contributed by atoms with van der Waals surface area (Å²) < 4.78 is 13.1. The minimum atomic E-state index is -0.926. The van der Waals surface area contributed by atoms with Crippen molar-refractivity contribution in [2.75, 3.05) is 18.4 Å². The van der Waals surface area contributed by atoms with E-state index < -0.39 is 23.7 Å². The Kier molecular flexibility index (Phi) is 4.90. The molecule has 1 saturated heterocycles. The number of carbonyl (C=O) groups excluding carboxylic acids is 1. The summed E-state index contributed by atoms with van der Waals surface area (Å²) in [5, 5.41) is 11.5. The van der Waals surface area contributed by atoms with Gasteiger partial charge >= 0.3 is 12.0 Å². The maximum atomic E-state index is 13.1. The second-order valence-electron chi connectivity index (χ2n) is 4.80. The third kappa shape index (κ3) is 3.77. The molecule has 1 heterocycles. The Morgan fingerprint density at radius 3 is 2.52 bits per heavy atom. The van der Waals surface area contributed by atoms with E-state index in [0.29, 0.717) is 19.4 Å². The molecule has 8 heteroatoms. The largest absolute Gasteiger partial charge is 0.481 e. The first kappa shape index (κ1) is 15.9. The Bertz CT molecular complexity index is 560. The van der Waals surface area contributed by atoms with E-state index in [4.69, 9.17) is 28.3 Å². The van der Waals surface area contributed by atoms with Gasteiger partial charge in [-0.05, 0) is 25.0 Å². The molecule has 0 bridgehead atoms. The fraction of sp³-hybridized carbons (Fsp3) is 0.385. The molecule has 1 aromatic rings. The van der Waals surface area contributed by atoms with Gasteiger partial charge in [0.05, 0.1) is 21.7 Å². The van der Waals surface area contributed by atoms with Gasteiger partial charge in [-0.3, -0.25) is 4.79 Å². The van der Waals surface area contributed by atoms with Gasteiger partial charge in [0.25, 0.3) is 0 Å². The third-order valence-corrected chi connectivity index (χ3v) is 3.89. The van der Waals surface area contributed by atoms with E-state index in [2.05, 4.69) is 5.32 Å². The number of carboxylic acid groups (broad SMARTS) is 1. The zero-order chi connectivity index (χ0) is 15.6. The molecule has 21 heavy (non-hydrogen) atoms. The Balaban J connectivity index is 2.10. The van der Waals surface area contributed by atoms with Crippen molar-refractivity contribution in [1.29, 1.82) is 0 Å². The number of amides is 2. The Morgan fingerprint density at radius 2 is 1.95 bits per heavy atom. The number of hydrogen-bond donors (Lipinski definition) is 2. The second kappa shape index (κ2) is 6.49. The topological polar surface area (TPSA) is 69.6 Å². The van der Waals surface area contributed by atoms with Crippen LogP contribution in [0.2, 0.25) is 10.0 Å². The fourth-order valence-electron chi connectivity index (χ4n) is 2.21. The lowest BCUT2D eigenvalue weighted by Gasteiger charge is -2.30. The van der Waals surface area contributed by atoms with Crippen molar-refractivity contribution in [1.82, 2.24) is 4.90 Å². The summed E-state index contributed by atoms with van der Waals surface area (Å²) >= 11 is 11.7. The quantitative estimate of drug-likeness (QED) is 0.870. The lowest BCUT2D eigenvalue weighted by molar-refractivity contribution is -0.143. The number of nitrogens with one attached hydrogen (secondary N) is 1. The summed E-state index contributed by atoms with van der Waals surface area (Å²) in [6, 6.07) is 1.58. The van der Waals surface area contributed by atoms with Crippen LogP contribution in [0.1, 0.15) is 12.8 Å². The van der Waals surface area contributed by atoms with Crippen LogP contribution >= 0.6 is 23.2 Å². The molecule has 1 aliphatic heterocycles. The number of halogens is 3. The highest BCUT2D eigenvalue weighted by Gasteiger charge is 2.28. The van der Waals surface area contributed by atoms with Gasteiger partial charge in [0, 0.05) is 13.1 Å². The number of likely N-dealkylation sites (tertiary alicyclic amines) is 1. The number of piperidine rings is 1. The molecule has 0 spiro atoms. The zero-order valence-corrected chi connectivity index (χ0v) is 12.4. The van der Waals surface area contributed by atoms with Gasteiger partial charge < -0.3 is 15.3 Å². The van der Waals surface area contributed by atoms with Gasteiger partial charge in [-0.25, -0.2) is 9.18 Å². The van der Waals surface area contributed by atoms with Gasteiger partial charge in [-0.15, -0.1) is 0 Å². The van der Waals surface area contributed by atoms with Crippen LogP contribution in [0.4, 0.5) is 14.9 Å². The predicted octanol–water partition coefficient (Wildman–Crippen LogP) is 3.46. The number of carboxylic acids is 1. The molecule has 114 valence electrons. The van der Waals surface area contributed by atoms with Gasteiger partial charge in [-0.1, -0.05) is 23.2 Å². The molecule has 0 aromatic heterocycles. The molecule has 2 amide bonds. The minimum Gasteiger partial charge on any atom is -0.481 e. The predicted molar refractivity (Wildman–Crippen MR) is 77.4 cm³/mol. The number of nitrogens with zero attached hydrogens (tertiary/aromatic N) is 1. The van der Waals surface area contributed by atoms with Crippen LogP contribution in [-0.2, 0) is 4.79 Å². The Morgan fingerprint density at radius 1 is 1.33 bits per heavy atom. The van der Waals surface area contributed by atoms with E-state index in [1.54, 1.807) is 0 Å². The van der Waals surface area contributed by atoms with Crippen LogP contribution in [0.15, 0.2) is 12.1 Å². The van der Waals surface area contributed by atoms with E-state index in [-0.39, 0.29) is 22.3 Å². The SMILES string of the molecule is O=C(O)C1CCCN(C(=O)Nc2c(Cl)cc(F)cc2Cl)C1. The first-order valence-electron chi connectivity index (χ1n) is 6.31. The van der Waals surface area contributed by atoms with Crippen molar-refractivity contribution in [3.05, 3.63) is 28.0 Å². The number of aliphatic carboxylic acids is 1. The molecule has 1 atom stereocenters. The van der Waals surface area contributed by atoms with E-state index in [0.717, 1.165) is 12.1 Å². The van der Waals surface area contributed by atoms with Crippen molar-refractivity contribution in [2.24, 2.45) is 5.92 Å². The summed E-state index contributed by atoms with van der Waals surface area (Å²) in [7, 11) is 0. The van der Waals surface area contributed by atoms with Crippen molar-refractivity contribution in [2.45, 2.75) is 12.8 Å². The molecular formula is C13H13Cl2FN2O3. The van der Waals surface area contributed by atoms with E-state index >= 15 is 0 Å². The van der Waals surface area contributed by atoms with Crippen molar-refractivity contribution in [3.8, 4) is 0 Å². The zero-order valence-electron chi connectivity index (χ0n) is 10.9. The maximum Gasteiger partial charge on any atom is 0.321 e. The van der Waals surface area contributed by atoms with Gasteiger partial charge in [0.2, 0.25) is 0 Å². The summed E-state index contributed by atoms with van der Waals surface area (Å²) in [6.07, 6.45) is 1.15. The van der Waals surface area contributed by atoms with Crippen LogP contribution in [0.25, 0.3) is 0 Å². The molecule has 1 aliphatic rings. The molecule has 1 aromatic carbocycles. The average molecular weight is 335 g/mol. The number of carbonyl (C=O) groups is 2.